The van der Waals surface area contributed by atoms with Crippen LogP contribution in [0.15, 0.2) is 35.3 Å². The van der Waals surface area contributed by atoms with Crippen LogP contribution in [0.4, 0.5) is 0 Å². The van der Waals surface area contributed by atoms with Gasteiger partial charge < -0.3 is 19.9 Å². The number of hydrogen-bond donors (Lipinski definition) is 1. The Bertz CT molecular complexity index is 569. The van der Waals surface area contributed by atoms with Gasteiger partial charge in [-0.2, -0.15) is 0 Å². The van der Waals surface area contributed by atoms with Crippen molar-refractivity contribution in [1.82, 2.24) is 15.1 Å². The molecule has 2 heterocycles. The highest BCUT2D eigenvalue weighted by Crippen LogP contribution is 2.19. The molecule has 0 bridgehead atoms. The standard InChI is InChI=1S/C22H36N4O.HI/c1-3-23-22(24-17-19(2)18-25-13-7-8-14-25)26-15-11-21(12-16-26)27-20-9-5-4-6-10-20;/h4-6,9-10,19,21H,3,7-8,11-18H2,1-2H3,(H,23,24);1H. The molecule has 6 heteroatoms. The van der Waals surface area contributed by atoms with Crippen LogP contribution in [0, 0.1) is 5.92 Å². The molecule has 2 aliphatic rings. The summed E-state index contributed by atoms with van der Waals surface area (Å²) in [6, 6.07) is 10.2. The Kier molecular flexibility index (Phi) is 10.4. The lowest BCUT2D eigenvalue weighted by molar-refractivity contribution is 0.129. The average molecular weight is 500 g/mol. The molecule has 0 amide bonds. The molecule has 0 spiro atoms. The lowest BCUT2D eigenvalue weighted by Gasteiger charge is -2.34. The van der Waals surface area contributed by atoms with Crippen molar-refractivity contribution in [3.8, 4) is 5.75 Å². The molecule has 0 aliphatic carbocycles. The zero-order chi connectivity index (χ0) is 18.9. The summed E-state index contributed by atoms with van der Waals surface area (Å²) in [4.78, 5) is 9.93. The molecular weight excluding hydrogens is 463 g/mol. The monoisotopic (exact) mass is 500 g/mol. The lowest BCUT2D eigenvalue weighted by atomic mass is 10.1. The molecular formula is C22H37IN4O. The number of ether oxygens (including phenoxy) is 1. The number of rotatable bonds is 7. The van der Waals surface area contributed by atoms with Crippen LogP contribution >= 0.6 is 24.0 Å². The Hall–Kier alpha value is -1.02. The molecule has 3 rings (SSSR count). The summed E-state index contributed by atoms with van der Waals surface area (Å²) in [7, 11) is 0. The van der Waals surface area contributed by atoms with Gasteiger partial charge in [-0.15, -0.1) is 24.0 Å². The summed E-state index contributed by atoms with van der Waals surface area (Å²) in [5.41, 5.74) is 0. The number of guanidine groups is 1. The SMILES string of the molecule is CCNC(=NCC(C)CN1CCCC1)N1CCC(Oc2ccccc2)CC1.I. The number of aliphatic imine (C=N–C) groups is 1. The third-order valence-electron chi connectivity index (χ3n) is 5.44. The first kappa shape index (κ1) is 23.3. The van der Waals surface area contributed by atoms with E-state index < -0.39 is 0 Å². The van der Waals surface area contributed by atoms with Gasteiger partial charge in [-0.25, -0.2) is 0 Å². The molecule has 2 aliphatic heterocycles. The van der Waals surface area contributed by atoms with Crippen LogP contribution < -0.4 is 10.1 Å². The summed E-state index contributed by atoms with van der Waals surface area (Å²) in [6.07, 6.45) is 5.11. The van der Waals surface area contributed by atoms with E-state index in [4.69, 9.17) is 9.73 Å². The fraction of sp³-hybridized carbons (Fsp3) is 0.682. The zero-order valence-corrected chi connectivity index (χ0v) is 19.8. The van der Waals surface area contributed by atoms with Crippen LogP contribution in [-0.2, 0) is 0 Å². The van der Waals surface area contributed by atoms with Gasteiger partial charge in [0.1, 0.15) is 11.9 Å². The maximum absolute atomic E-state index is 6.12. The largest absolute Gasteiger partial charge is 0.490 e. The van der Waals surface area contributed by atoms with Gasteiger partial charge in [0.2, 0.25) is 0 Å². The van der Waals surface area contributed by atoms with Gasteiger partial charge in [0.15, 0.2) is 5.96 Å². The first-order valence-electron chi connectivity index (χ1n) is 10.7. The van der Waals surface area contributed by atoms with Crippen LogP contribution in [-0.4, -0.2) is 67.7 Å². The van der Waals surface area contributed by atoms with Crippen molar-refractivity contribution in [2.24, 2.45) is 10.9 Å². The van der Waals surface area contributed by atoms with E-state index in [1.165, 1.54) is 32.5 Å². The molecule has 1 aromatic carbocycles. The first-order chi connectivity index (χ1) is 13.2. The highest BCUT2D eigenvalue weighted by molar-refractivity contribution is 14.0. The van der Waals surface area contributed by atoms with Crippen molar-refractivity contribution < 1.29 is 4.74 Å². The fourth-order valence-corrected chi connectivity index (χ4v) is 4.01. The molecule has 28 heavy (non-hydrogen) atoms. The van der Waals surface area contributed by atoms with Gasteiger partial charge in [-0.3, -0.25) is 4.99 Å². The number of para-hydroxylation sites is 1. The molecule has 158 valence electrons. The van der Waals surface area contributed by atoms with Gasteiger partial charge in [0, 0.05) is 45.6 Å². The number of piperidine rings is 1. The molecule has 1 aromatic rings. The molecule has 0 radical (unpaired) electrons. The van der Waals surface area contributed by atoms with Crippen LogP contribution in [0.1, 0.15) is 39.5 Å². The minimum atomic E-state index is 0. The smallest absolute Gasteiger partial charge is 0.193 e. The van der Waals surface area contributed by atoms with Gasteiger partial charge >= 0.3 is 0 Å². The van der Waals surface area contributed by atoms with Crippen LogP contribution in [0.3, 0.4) is 0 Å². The van der Waals surface area contributed by atoms with E-state index in [2.05, 4.69) is 29.0 Å². The molecule has 2 saturated heterocycles. The van der Waals surface area contributed by atoms with Crippen molar-refractivity contribution in [3.63, 3.8) is 0 Å². The molecule has 1 atom stereocenters. The molecule has 1 unspecified atom stereocenters. The van der Waals surface area contributed by atoms with E-state index in [-0.39, 0.29) is 24.0 Å². The van der Waals surface area contributed by atoms with Crippen molar-refractivity contribution in [3.05, 3.63) is 30.3 Å². The van der Waals surface area contributed by atoms with E-state index in [9.17, 15) is 0 Å². The van der Waals surface area contributed by atoms with Crippen molar-refractivity contribution in [1.29, 1.82) is 0 Å². The lowest BCUT2D eigenvalue weighted by Crippen LogP contribution is -2.47. The topological polar surface area (TPSA) is 40.1 Å². The second kappa shape index (κ2) is 12.5. The van der Waals surface area contributed by atoms with E-state index >= 15 is 0 Å². The predicted molar refractivity (Wildman–Crippen MR) is 128 cm³/mol. The van der Waals surface area contributed by atoms with Crippen LogP contribution in [0.2, 0.25) is 0 Å². The maximum Gasteiger partial charge on any atom is 0.193 e. The van der Waals surface area contributed by atoms with E-state index in [0.29, 0.717) is 12.0 Å². The minimum absolute atomic E-state index is 0. The van der Waals surface area contributed by atoms with Gasteiger partial charge in [0.25, 0.3) is 0 Å². The third-order valence-corrected chi connectivity index (χ3v) is 5.44. The number of nitrogens with zero attached hydrogens (tertiary/aromatic N) is 3. The Morgan fingerprint density at radius 1 is 1.14 bits per heavy atom. The highest BCUT2D eigenvalue weighted by atomic mass is 127. The number of benzene rings is 1. The van der Waals surface area contributed by atoms with E-state index in [1.54, 1.807) is 0 Å². The Labute approximate surface area is 187 Å². The molecule has 2 fully saturated rings. The predicted octanol–water partition coefficient (Wildman–Crippen LogP) is 3.85. The quantitative estimate of drug-likeness (QED) is 0.351. The van der Waals surface area contributed by atoms with Crippen LogP contribution in [0.5, 0.6) is 5.75 Å². The van der Waals surface area contributed by atoms with Gasteiger partial charge in [-0.05, 0) is 50.9 Å². The highest BCUT2D eigenvalue weighted by Gasteiger charge is 2.23. The Morgan fingerprint density at radius 3 is 2.46 bits per heavy atom. The number of hydrogen-bond acceptors (Lipinski definition) is 3. The summed E-state index contributed by atoms with van der Waals surface area (Å²) in [5.74, 6) is 2.66. The molecule has 5 nitrogen and oxygen atoms in total. The normalized spacial score (nSPS) is 19.9. The number of halogens is 1. The molecule has 1 N–H and O–H groups in total. The van der Waals surface area contributed by atoms with E-state index in [1.807, 2.05) is 30.3 Å². The first-order valence-corrected chi connectivity index (χ1v) is 10.7. The summed E-state index contributed by atoms with van der Waals surface area (Å²) < 4.78 is 6.12. The molecule has 0 aromatic heterocycles. The zero-order valence-electron chi connectivity index (χ0n) is 17.5. The van der Waals surface area contributed by atoms with Gasteiger partial charge in [-0.1, -0.05) is 25.1 Å². The summed E-state index contributed by atoms with van der Waals surface area (Å²) in [5, 5.41) is 3.49. The van der Waals surface area contributed by atoms with E-state index in [0.717, 1.165) is 50.7 Å². The Balaban J connectivity index is 0.00000280. The van der Waals surface area contributed by atoms with Gasteiger partial charge in [0.05, 0.1) is 0 Å². The van der Waals surface area contributed by atoms with Crippen molar-refractivity contribution in [2.75, 3.05) is 45.8 Å². The second-order valence-corrected chi connectivity index (χ2v) is 7.92. The summed E-state index contributed by atoms with van der Waals surface area (Å²) >= 11 is 0. The summed E-state index contributed by atoms with van der Waals surface area (Å²) in [6.45, 7) is 12.0. The third kappa shape index (κ3) is 7.43. The maximum atomic E-state index is 6.12. The van der Waals surface area contributed by atoms with Crippen molar-refractivity contribution >= 4 is 29.9 Å². The Morgan fingerprint density at radius 2 is 1.82 bits per heavy atom. The van der Waals surface area contributed by atoms with Crippen LogP contribution in [0.25, 0.3) is 0 Å². The minimum Gasteiger partial charge on any atom is -0.490 e. The fourth-order valence-electron chi connectivity index (χ4n) is 4.01. The second-order valence-electron chi connectivity index (χ2n) is 7.92. The average Bonchev–Trinajstić information content (AvgIpc) is 3.20. The van der Waals surface area contributed by atoms with Crippen molar-refractivity contribution in [2.45, 2.75) is 45.6 Å². The number of nitrogens with one attached hydrogen (secondary N) is 1. The molecule has 0 saturated carbocycles. The number of likely N-dealkylation sites (tertiary alicyclic amines) is 2.